The molecule has 1 N–H and O–H groups in total. The van der Waals surface area contributed by atoms with Gasteiger partial charge in [0.15, 0.2) is 5.82 Å². The van der Waals surface area contributed by atoms with Gasteiger partial charge in [-0.05, 0) is 37.1 Å². The van der Waals surface area contributed by atoms with Crippen LogP contribution in [0.25, 0.3) is 17.0 Å². The van der Waals surface area contributed by atoms with E-state index in [4.69, 9.17) is 16.1 Å². The van der Waals surface area contributed by atoms with Gasteiger partial charge in [-0.1, -0.05) is 48.2 Å². The van der Waals surface area contributed by atoms with Gasteiger partial charge in [0.05, 0.1) is 11.2 Å². The minimum absolute atomic E-state index is 0.197. The number of aryl methyl sites for hydroxylation is 1. The molecular weight excluding hydrogens is 376 g/mol. The number of halogens is 1. The van der Waals surface area contributed by atoms with Crippen LogP contribution in [0, 0.1) is 6.92 Å². The van der Waals surface area contributed by atoms with Crippen molar-refractivity contribution in [1.29, 1.82) is 0 Å². The van der Waals surface area contributed by atoms with Gasteiger partial charge in [0.1, 0.15) is 5.54 Å². The summed E-state index contributed by atoms with van der Waals surface area (Å²) in [6.07, 6.45) is 8.00. The molecule has 4 rings (SSSR count). The average Bonchev–Trinajstić information content (AvgIpc) is 3.14. The smallest absolute Gasteiger partial charge is 0.244 e. The Labute approximate surface area is 168 Å². The van der Waals surface area contributed by atoms with Crippen molar-refractivity contribution in [3.63, 3.8) is 0 Å². The van der Waals surface area contributed by atoms with Crippen molar-refractivity contribution in [2.45, 2.75) is 44.6 Å². The fourth-order valence-corrected chi connectivity index (χ4v) is 3.86. The molecule has 0 spiro atoms. The molecule has 0 atom stereocenters. The fraction of sp³-hybridized carbons (Fsp3) is 0.333. The molecule has 1 saturated carbocycles. The van der Waals surface area contributed by atoms with Crippen LogP contribution >= 0.6 is 11.6 Å². The Hall–Kier alpha value is -2.73. The molecule has 3 aromatic rings. The van der Waals surface area contributed by atoms with E-state index < -0.39 is 5.54 Å². The highest BCUT2D eigenvalue weighted by atomic mass is 35.5. The number of aromatic nitrogens is 3. The third-order valence-electron chi connectivity index (χ3n) is 5.11. The Balaban J connectivity index is 1.53. The number of carbonyl (C=O) groups excluding carboxylic acids is 1. The van der Waals surface area contributed by atoms with Crippen LogP contribution in [0.5, 0.6) is 0 Å². The van der Waals surface area contributed by atoms with Gasteiger partial charge in [-0.15, -0.1) is 0 Å². The van der Waals surface area contributed by atoms with E-state index in [0.29, 0.717) is 22.4 Å². The molecule has 7 heteroatoms. The second-order valence-electron chi connectivity index (χ2n) is 7.18. The largest absolute Gasteiger partial charge is 0.340 e. The highest BCUT2D eigenvalue weighted by molar-refractivity contribution is 6.31. The van der Waals surface area contributed by atoms with Crippen molar-refractivity contribution in [3.8, 4) is 0 Å². The summed E-state index contributed by atoms with van der Waals surface area (Å²) < 4.78 is 5.15. The van der Waals surface area contributed by atoms with Crippen LogP contribution < -0.4 is 5.32 Å². The summed E-state index contributed by atoms with van der Waals surface area (Å²) in [5.74, 6) is 0.867. The van der Waals surface area contributed by atoms with Crippen LogP contribution in [0.3, 0.4) is 0 Å². The first-order chi connectivity index (χ1) is 13.5. The Bertz CT molecular complexity index is 1040. The van der Waals surface area contributed by atoms with Crippen molar-refractivity contribution in [2.75, 3.05) is 0 Å². The third-order valence-corrected chi connectivity index (χ3v) is 5.34. The minimum atomic E-state index is -0.568. The van der Waals surface area contributed by atoms with E-state index in [0.717, 1.165) is 43.0 Å². The molecule has 1 fully saturated rings. The second-order valence-corrected chi connectivity index (χ2v) is 7.61. The summed E-state index contributed by atoms with van der Waals surface area (Å²) in [5.41, 5.74) is 0.918. The molecule has 0 aliphatic heterocycles. The van der Waals surface area contributed by atoms with E-state index in [1.54, 1.807) is 13.0 Å². The Morgan fingerprint density at radius 1 is 1.18 bits per heavy atom. The van der Waals surface area contributed by atoms with Crippen LogP contribution in [0.15, 0.2) is 40.9 Å². The van der Waals surface area contributed by atoms with Crippen LogP contribution in [-0.2, 0) is 10.3 Å². The van der Waals surface area contributed by atoms with Crippen LogP contribution in [0.1, 0.15) is 49.5 Å². The molecule has 1 aliphatic rings. The maximum atomic E-state index is 12.7. The van der Waals surface area contributed by atoms with Crippen molar-refractivity contribution in [3.05, 3.63) is 58.8 Å². The normalized spacial score (nSPS) is 16.5. The third kappa shape index (κ3) is 3.92. The standard InChI is InChI=1S/C21H21ClN4O2/c1-14-23-20(26-28-14)21(11-3-2-4-12-21)25-19(27)10-9-17-8-6-15-5-7-16(22)13-18(15)24-17/h5-10,13H,2-4,11-12H2,1H3,(H,25,27)/b10-9-. The number of nitrogens with zero attached hydrogens (tertiary/aromatic N) is 3. The first-order valence-corrected chi connectivity index (χ1v) is 9.79. The lowest BCUT2D eigenvalue weighted by atomic mass is 9.81. The molecule has 1 aromatic carbocycles. The minimum Gasteiger partial charge on any atom is -0.340 e. The van der Waals surface area contributed by atoms with E-state index in [9.17, 15) is 4.79 Å². The van der Waals surface area contributed by atoms with Crippen LogP contribution in [0.4, 0.5) is 0 Å². The molecule has 1 aliphatic carbocycles. The topological polar surface area (TPSA) is 80.9 Å². The van der Waals surface area contributed by atoms with Crippen LogP contribution in [-0.4, -0.2) is 21.0 Å². The Morgan fingerprint density at radius 2 is 1.96 bits per heavy atom. The SMILES string of the molecule is Cc1nc(C2(NC(=O)/C=C\c3ccc4ccc(Cl)cc4n3)CCCCC2)no1. The lowest BCUT2D eigenvalue weighted by Crippen LogP contribution is -2.47. The van der Waals surface area contributed by atoms with E-state index in [-0.39, 0.29) is 5.91 Å². The van der Waals surface area contributed by atoms with Gasteiger partial charge < -0.3 is 9.84 Å². The summed E-state index contributed by atoms with van der Waals surface area (Å²) in [6.45, 7) is 1.76. The summed E-state index contributed by atoms with van der Waals surface area (Å²) in [4.78, 5) is 21.6. The summed E-state index contributed by atoms with van der Waals surface area (Å²) in [6, 6.07) is 9.40. The van der Waals surface area contributed by atoms with Crippen molar-refractivity contribution >= 4 is 34.5 Å². The first-order valence-electron chi connectivity index (χ1n) is 9.41. The van der Waals surface area contributed by atoms with Gasteiger partial charge >= 0.3 is 0 Å². The number of benzene rings is 1. The highest BCUT2D eigenvalue weighted by Gasteiger charge is 2.39. The van der Waals surface area contributed by atoms with Gasteiger partial charge in [0, 0.05) is 23.4 Å². The van der Waals surface area contributed by atoms with Crippen LogP contribution in [0.2, 0.25) is 5.02 Å². The number of hydrogen-bond acceptors (Lipinski definition) is 5. The fourth-order valence-electron chi connectivity index (χ4n) is 3.69. The number of carbonyl (C=O) groups is 1. The molecule has 0 saturated heterocycles. The van der Waals surface area contributed by atoms with Gasteiger partial charge in [0.25, 0.3) is 0 Å². The molecular formula is C21H21ClN4O2. The second kappa shape index (κ2) is 7.72. The zero-order valence-corrected chi connectivity index (χ0v) is 16.4. The molecule has 2 aromatic heterocycles. The number of fused-ring (bicyclic) bond motifs is 1. The molecule has 0 unspecified atom stereocenters. The number of pyridine rings is 1. The molecule has 28 heavy (non-hydrogen) atoms. The van der Waals surface area contributed by atoms with Gasteiger partial charge in [-0.3, -0.25) is 4.79 Å². The zero-order valence-electron chi connectivity index (χ0n) is 15.6. The maximum Gasteiger partial charge on any atom is 0.244 e. The molecule has 2 heterocycles. The molecule has 0 radical (unpaired) electrons. The quantitative estimate of drug-likeness (QED) is 0.653. The Kier molecular flexibility index (Phi) is 5.13. The average molecular weight is 397 g/mol. The van der Waals surface area contributed by atoms with E-state index in [1.165, 1.54) is 6.08 Å². The predicted octanol–water partition coefficient (Wildman–Crippen LogP) is 4.57. The summed E-state index contributed by atoms with van der Waals surface area (Å²) in [7, 11) is 0. The lowest BCUT2D eigenvalue weighted by Gasteiger charge is -2.34. The van der Waals surface area contributed by atoms with Crippen molar-refractivity contribution in [1.82, 2.24) is 20.4 Å². The summed E-state index contributed by atoms with van der Waals surface area (Å²) in [5, 5.41) is 8.83. The van der Waals surface area contributed by atoms with Crippen molar-refractivity contribution < 1.29 is 9.32 Å². The van der Waals surface area contributed by atoms with Gasteiger partial charge in [-0.2, -0.15) is 4.98 Å². The number of rotatable bonds is 4. The molecule has 144 valence electrons. The zero-order chi connectivity index (χ0) is 19.6. The predicted molar refractivity (Wildman–Crippen MR) is 108 cm³/mol. The number of amides is 1. The van der Waals surface area contributed by atoms with E-state index in [2.05, 4.69) is 20.4 Å². The molecule has 6 nitrogen and oxygen atoms in total. The van der Waals surface area contributed by atoms with Gasteiger partial charge in [0.2, 0.25) is 11.8 Å². The van der Waals surface area contributed by atoms with E-state index in [1.807, 2.05) is 30.3 Å². The number of nitrogens with one attached hydrogen (secondary N) is 1. The summed E-state index contributed by atoms with van der Waals surface area (Å²) >= 11 is 6.04. The monoisotopic (exact) mass is 396 g/mol. The van der Waals surface area contributed by atoms with E-state index >= 15 is 0 Å². The lowest BCUT2D eigenvalue weighted by molar-refractivity contribution is -0.119. The molecule has 1 amide bonds. The number of hydrogen-bond donors (Lipinski definition) is 1. The van der Waals surface area contributed by atoms with Crippen molar-refractivity contribution in [2.24, 2.45) is 0 Å². The first kappa shape index (κ1) is 18.6. The van der Waals surface area contributed by atoms with Gasteiger partial charge in [-0.25, -0.2) is 4.98 Å². The Morgan fingerprint density at radius 3 is 2.71 bits per heavy atom. The maximum absolute atomic E-state index is 12.7. The highest BCUT2D eigenvalue weighted by Crippen LogP contribution is 2.35. The molecule has 0 bridgehead atoms.